The van der Waals surface area contributed by atoms with Gasteiger partial charge in [-0.15, -0.1) is 0 Å². The normalized spacial score (nSPS) is 22.9. The first-order valence-electron chi connectivity index (χ1n) is 8.59. The number of likely N-dealkylation sites (N-methyl/N-ethyl adjacent to an activating group) is 1. The molecule has 1 aliphatic rings. The molecule has 1 aromatic carbocycles. The van der Waals surface area contributed by atoms with Crippen molar-refractivity contribution in [3.63, 3.8) is 0 Å². The summed E-state index contributed by atoms with van der Waals surface area (Å²) in [5.74, 6) is 0.818. The molecule has 0 radical (unpaired) electrons. The highest BCUT2D eigenvalue weighted by atomic mass is 16.5. The summed E-state index contributed by atoms with van der Waals surface area (Å²) in [5, 5.41) is 9.49. The van der Waals surface area contributed by atoms with Crippen molar-refractivity contribution in [2.75, 3.05) is 34.4 Å². The molecule has 0 aromatic heterocycles. The number of hydrogen-bond acceptors (Lipinski definition) is 4. The smallest absolute Gasteiger partial charge is 0.306 e. The van der Waals surface area contributed by atoms with Gasteiger partial charge < -0.3 is 19.5 Å². The maximum absolute atomic E-state index is 11.5. The number of carboxylic acids is 1. The maximum Gasteiger partial charge on any atom is 0.306 e. The lowest BCUT2D eigenvalue weighted by atomic mass is 9.74. The summed E-state index contributed by atoms with van der Waals surface area (Å²) in [5.41, 5.74) is 2.15. The van der Waals surface area contributed by atoms with Gasteiger partial charge in [0.15, 0.2) is 0 Å². The van der Waals surface area contributed by atoms with E-state index < -0.39 is 5.97 Å². The van der Waals surface area contributed by atoms with Gasteiger partial charge in [0.25, 0.3) is 0 Å². The number of carboxylic acid groups (broad SMARTS) is 1. The van der Waals surface area contributed by atoms with Crippen LogP contribution in [-0.4, -0.2) is 50.3 Å². The Labute approximate surface area is 144 Å². The van der Waals surface area contributed by atoms with Crippen molar-refractivity contribution in [1.29, 1.82) is 0 Å². The second kappa shape index (κ2) is 7.88. The number of benzene rings is 1. The standard InChI is InChI=1S/C19H29NO4/c1-6-14-17(23-4)9-13(10-18(14)24-5)16-11-20(3)8-7-15(16)12(2)19(21)22/h9-10,12,15-16H,6-8,11H2,1-5H3,(H,21,22). The summed E-state index contributed by atoms with van der Waals surface area (Å²) >= 11 is 0. The topological polar surface area (TPSA) is 59.0 Å². The highest BCUT2D eigenvalue weighted by Crippen LogP contribution is 2.41. The molecule has 2 rings (SSSR count). The van der Waals surface area contributed by atoms with E-state index in [0.29, 0.717) is 0 Å². The third kappa shape index (κ3) is 3.66. The Kier molecular flexibility index (Phi) is 6.10. The van der Waals surface area contributed by atoms with E-state index in [1.807, 2.05) is 6.92 Å². The van der Waals surface area contributed by atoms with Crippen molar-refractivity contribution in [2.24, 2.45) is 11.8 Å². The molecule has 3 unspecified atom stereocenters. The van der Waals surface area contributed by atoms with Crippen molar-refractivity contribution in [3.05, 3.63) is 23.3 Å². The third-order valence-corrected chi connectivity index (χ3v) is 5.31. The highest BCUT2D eigenvalue weighted by Gasteiger charge is 2.36. The molecular weight excluding hydrogens is 306 g/mol. The van der Waals surface area contributed by atoms with E-state index in [4.69, 9.17) is 9.47 Å². The Balaban J connectivity index is 2.47. The Morgan fingerprint density at radius 3 is 2.38 bits per heavy atom. The van der Waals surface area contributed by atoms with E-state index in [-0.39, 0.29) is 17.8 Å². The predicted molar refractivity (Wildman–Crippen MR) is 94.1 cm³/mol. The summed E-state index contributed by atoms with van der Waals surface area (Å²) in [6.07, 6.45) is 1.71. The molecule has 1 heterocycles. The zero-order chi connectivity index (χ0) is 17.9. The van der Waals surface area contributed by atoms with Gasteiger partial charge in [-0.1, -0.05) is 13.8 Å². The summed E-state index contributed by atoms with van der Waals surface area (Å²) < 4.78 is 11.1. The second-order valence-electron chi connectivity index (χ2n) is 6.71. The van der Waals surface area contributed by atoms with Gasteiger partial charge in [0.1, 0.15) is 11.5 Å². The molecule has 24 heavy (non-hydrogen) atoms. The van der Waals surface area contributed by atoms with Gasteiger partial charge >= 0.3 is 5.97 Å². The number of carbonyl (C=O) groups is 1. The van der Waals surface area contributed by atoms with Gasteiger partial charge in [0.05, 0.1) is 20.1 Å². The van der Waals surface area contributed by atoms with Gasteiger partial charge in [-0.05, 0) is 50.0 Å². The highest BCUT2D eigenvalue weighted by molar-refractivity contribution is 5.70. The lowest BCUT2D eigenvalue weighted by molar-refractivity contribution is -0.143. The minimum Gasteiger partial charge on any atom is -0.496 e. The molecule has 0 aliphatic carbocycles. The molecular formula is C19H29NO4. The lowest BCUT2D eigenvalue weighted by Crippen LogP contribution is -2.40. The molecule has 5 nitrogen and oxygen atoms in total. The summed E-state index contributed by atoms with van der Waals surface area (Å²) in [7, 11) is 5.42. The van der Waals surface area contributed by atoms with Crippen molar-refractivity contribution in [2.45, 2.75) is 32.6 Å². The van der Waals surface area contributed by atoms with Crippen molar-refractivity contribution in [1.82, 2.24) is 4.90 Å². The van der Waals surface area contributed by atoms with Crippen LogP contribution in [0.1, 0.15) is 37.3 Å². The fraction of sp³-hybridized carbons (Fsp3) is 0.632. The van der Waals surface area contributed by atoms with E-state index in [1.165, 1.54) is 0 Å². The van der Waals surface area contributed by atoms with Crippen LogP contribution < -0.4 is 9.47 Å². The lowest BCUT2D eigenvalue weighted by Gasteiger charge is -2.39. The van der Waals surface area contributed by atoms with Crippen molar-refractivity contribution >= 4 is 5.97 Å². The molecule has 5 heteroatoms. The second-order valence-corrected chi connectivity index (χ2v) is 6.71. The van der Waals surface area contributed by atoms with Crippen LogP contribution in [0.3, 0.4) is 0 Å². The zero-order valence-corrected chi connectivity index (χ0v) is 15.3. The maximum atomic E-state index is 11.5. The van der Waals surface area contributed by atoms with E-state index in [9.17, 15) is 9.90 Å². The van der Waals surface area contributed by atoms with E-state index in [2.05, 4.69) is 31.0 Å². The fourth-order valence-electron chi connectivity index (χ4n) is 3.83. The van der Waals surface area contributed by atoms with Gasteiger partial charge in [-0.2, -0.15) is 0 Å². The molecule has 134 valence electrons. The van der Waals surface area contributed by atoms with E-state index in [0.717, 1.165) is 48.6 Å². The van der Waals surface area contributed by atoms with Crippen LogP contribution in [-0.2, 0) is 11.2 Å². The van der Waals surface area contributed by atoms with Crippen LogP contribution in [0.25, 0.3) is 0 Å². The minimum absolute atomic E-state index is 0.112. The van der Waals surface area contributed by atoms with Gasteiger partial charge in [0, 0.05) is 18.0 Å². The van der Waals surface area contributed by atoms with Crippen LogP contribution in [0.2, 0.25) is 0 Å². The summed E-state index contributed by atoms with van der Waals surface area (Å²) in [6.45, 7) is 5.67. The first-order valence-corrected chi connectivity index (χ1v) is 8.59. The number of piperidine rings is 1. The average Bonchev–Trinajstić information content (AvgIpc) is 2.59. The molecule has 1 saturated heterocycles. The molecule has 0 amide bonds. The first kappa shape index (κ1) is 18.6. The number of likely N-dealkylation sites (tertiary alicyclic amines) is 1. The van der Waals surface area contributed by atoms with E-state index in [1.54, 1.807) is 14.2 Å². The monoisotopic (exact) mass is 335 g/mol. The number of methoxy groups -OCH3 is 2. The molecule has 1 aromatic rings. The first-order chi connectivity index (χ1) is 11.4. The Bertz CT molecular complexity index is 562. The van der Waals surface area contributed by atoms with Crippen LogP contribution >= 0.6 is 0 Å². The number of nitrogens with zero attached hydrogens (tertiary/aromatic N) is 1. The number of rotatable bonds is 6. The summed E-state index contributed by atoms with van der Waals surface area (Å²) in [6, 6.07) is 4.12. The van der Waals surface area contributed by atoms with Crippen molar-refractivity contribution < 1.29 is 19.4 Å². The quantitative estimate of drug-likeness (QED) is 0.866. The van der Waals surface area contributed by atoms with Crippen molar-refractivity contribution in [3.8, 4) is 11.5 Å². The number of ether oxygens (including phenoxy) is 2. The zero-order valence-electron chi connectivity index (χ0n) is 15.3. The largest absolute Gasteiger partial charge is 0.496 e. The van der Waals surface area contributed by atoms with Gasteiger partial charge in [-0.25, -0.2) is 0 Å². The molecule has 3 atom stereocenters. The minimum atomic E-state index is -0.723. The number of hydrogen-bond donors (Lipinski definition) is 1. The van der Waals surface area contributed by atoms with Gasteiger partial charge in [0.2, 0.25) is 0 Å². The van der Waals surface area contributed by atoms with Crippen LogP contribution in [0.5, 0.6) is 11.5 Å². The van der Waals surface area contributed by atoms with Crippen LogP contribution in [0.15, 0.2) is 12.1 Å². The fourth-order valence-corrected chi connectivity index (χ4v) is 3.83. The Hall–Kier alpha value is -1.75. The summed E-state index contributed by atoms with van der Waals surface area (Å²) in [4.78, 5) is 13.8. The number of aliphatic carboxylic acids is 1. The molecule has 1 N–H and O–H groups in total. The van der Waals surface area contributed by atoms with Crippen LogP contribution in [0.4, 0.5) is 0 Å². The average molecular weight is 335 g/mol. The third-order valence-electron chi connectivity index (χ3n) is 5.31. The van der Waals surface area contributed by atoms with Crippen LogP contribution in [0, 0.1) is 11.8 Å². The Morgan fingerprint density at radius 1 is 1.33 bits per heavy atom. The molecule has 0 bridgehead atoms. The molecule has 1 aliphatic heterocycles. The Morgan fingerprint density at radius 2 is 1.92 bits per heavy atom. The predicted octanol–water partition coefficient (Wildman–Crippen LogP) is 3.02. The molecule has 1 fully saturated rings. The SMILES string of the molecule is CCc1c(OC)cc(C2CN(C)CCC2C(C)C(=O)O)cc1OC. The van der Waals surface area contributed by atoms with Gasteiger partial charge in [-0.3, -0.25) is 4.79 Å². The molecule has 0 spiro atoms. The molecule has 0 saturated carbocycles. The van der Waals surface area contributed by atoms with E-state index >= 15 is 0 Å².